The van der Waals surface area contributed by atoms with Crippen molar-refractivity contribution >= 4 is 35.3 Å². The van der Waals surface area contributed by atoms with Crippen molar-refractivity contribution in [2.45, 2.75) is 39.3 Å². The summed E-state index contributed by atoms with van der Waals surface area (Å²) in [5.41, 5.74) is 1.99. The fourth-order valence-corrected chi connectivity index (χ4v) is 3.07. The van der Waals surface area contributed by atoms with E-state index in [1.165, 1.54) is 0 Å². The molecule has 1 amide bonds. The Morgan fingerprint density at radius 3 is 2.95 bits per heavy atom. The number of nitrogens with one attached hydrogen (secondary N) is 2. The number of amides is 1. The summed E-state index contributed by atoms with van der Waals surface area (Å²) < 4.78 is 2.05. The molecule has 0 bridgehead atoms. The number of rotatable bonds is 3. The van der Waals surface area contributed by atoms with Crippen molar-refractivity contribution in [3.63, 3.8) is 0 Å². The molecule has 22 heavy (non-hydrogen) atoms. The van der Waals surface area contributed by atoms with Gasteiger partial charge in [-0.3, -0.25) is 10.1 Å². The Hall–Kier alpha value is -1.59. The first-order chi connectivity index (χ1) is 10.2. The average molecular weight is 323 g/mol. The summed E-state index contributed by atoms with van der Waals surface area (Å²) in [6.07, 6.45) is 1.78. The lowest BCUT2D eigenvalue weighted by Gasteiger charge is -2.26. The van der Waals surface area contributed by atoms with Crippen LogP contribution < -0.4 is 10.6 Å². The normalized spacial score (nSPS) is 21.4. The van der Waals surface area contributed by atoms with Gasteiger partial charge in [0.1, 0.15) is 0 Å². The smallest absolute Gasteiger partial charge is 0.229 e. The van der Waals surface area contributed by atoms with Crippen LogP contribution in [0.1, 0.15) is 26.7 Å². The van der Waals surface area contributed by atoms with Gasteiger partial charge in [-0.25, -0.2) is 4.98 Å². The molecule has 5 nitrogen and oxygen atoms in total. The lowest BCUT2D eigenvalue weighted by molar-refractivity contribution is -0.120. The molecule has 3 rings (SSSR count). The molecule has 2 N–H and O–H groups in total. The summed E-state index contributed by atoms with van der Waals surface area (Å²) in [5.74, 6) is 0.828. The van der Waals surface area contributed by atoms with E-state index in [4.69, 9.17) is 0 Å². The van der Waals surface area contributed by atoms with E-state index in [2.05, 4.69) is 34.0 Å². The predicted octanol–water partition coefficient (Wildman–Crippen LogP) is 2.80. The van der Waals surface area contributed by atoms with E-state index in [0.717, 1.165) is 37.0 Å². The van der Waals surface area contributed by atoms with Crippen LogP contribution in [0.5, 0.6) is 0 Å². The fourth-order valence-electron chi connectivity index (χ4n) is 3.07. The predicted molar refractivity (Wildman–Crippen MR) is 91.5 cm³/mol. The summed E-state index contributed by atoms with van der Waals surface area (Å²) in [7, 11) is 0. The number of aryl methyl sites for hydroxylation is 1. The summed E-state index contributed by atoms with van der Waals surface area (Å²) in [5, 5.41) is 6.40. The Morgan fingerprint density at radius 1 is 1.45 bits per heavy atom. The van der Waals surface area contributed by atoms with Crippen LogP contribution in [0.4, 0.5) is 5.95 Å². The Labute approximate surface area is 136 Å². The highest BCUT2D eigenvalue weighted by Gasteiger charge is 2.25. The third-order valence-corrected chi connectivity index (χ3v) is 4.20. The highest BCUT2D eigenvalue weighted by molar-refractivity contribution is 5.93. The molecule has 0 saturated carbocycles. The maximum absolute atomic E-state index is 12.5. The monoisotopic (exact) mass is 322 g/mol. The number of hydrogen-bond acceptors (Lipinski definition) is 3. The van der Waals surface area contributed by atoms with Crippen LogP contribution in [-0.4, -0.2) is 28.0 Å². The van der Waals surface area contributed by atoms with E-state index in [-0.39, 0.29) is 24.2 Å². The minimum Gasteiger partial charge on any atom is -0.314 e. The number of nitrogens with zero attached hydrogens (tertiary/aromatic N) is 2. The van der Waals surface area contributed by atoms with Crippen molar-refractivity contribution in [2.24, 2.45) is 5.92 Å². The van der Waals surface area contributed by atoms with Gasteiger partial charge in [0, 0.05) is 18.5 Å². The molecule has 2 atom stereocenters. The second-order valence-corrected chi connectivity index (χ2v) is 5.73. The van der Waals surface area contributed by atoms with Crippen LogP contribution in [0.15, 0.2) is 24.3 Å². The van der Waals surface area contributed by atoms with E-state index >= 15 is 0 Å². The van der Waals surface area contributed by atoms with Gasteiger partial charge in [-0.2, -0.15) is 0 Å². The number of benzene rings is 1. The molecule has 1 aliphatic heterocycles. The Kier molecular flexibility index (Phi) is 5.42. The number of carbonyl (C=O) groups excluding carboxylic acids is 1. The molecule has 1 fully saturated rings. The van der Waals surface area contributed by atoms with Crippen LogP contribution in [0.25, 0.3) is 11.0 Å². The lowest BCUT2D eigenvalue weighted by atomic mass is 9.92. The van der Waals surface area contributed by atoms with Crippen molar-refractivity contribution in [3.05, 3.63) is 24.3 Å². The van der Waals surface area contributed by atoms with E-state index in [9.17, 15) is 4.79 Å². The Balaban J connectivity index is 0.00000176. The number of anilines is 1. The van der Waals surface area contributed by atoms with Gasteiger partial charge in [-0.05, 0) is 45.4 Å². The van der Waals surface area contributed by atoms with E-state index in [1.807, 2.05) is 24.3 Å². The molecular weight excluding hydrogens is 300 g/mol. The van der Waals surface area contributed by atoms with E-state index < -0.39 is 0 Å². The first kappa shape index (κ1) is 16.8. The molecule has 0 radical (unpaired) electrons. The minimum absolute atomic E-state index is 0. The fraction of sp³-hybridized carbons (Fsp3) is 0.500. The molecule has 1 saturated heterocycles. The highest BCUT2D eigenvalue weighted by atomic mass is 35.5. The van der Waals surface area contributed by atoms with Crippen molar-refractivity contribution in [1.29, 1.82) is 0 Å². The topological polar surface area (TPSA) is 59.0 Å². The van der Waals surface area contributed by atoms with Gasteiger partial charge < -0.3 is 9.88 Å². The SMILES string of the molecule is CCn1c(NC(=O)[C@H]2CCN[C@@H](C)C2)nc2ccccc21.Cl. The Morgan fingerprint density at radius 2 is 2.23 bits per heavy atom. The largest absolute Gasteiger partial charge is 0.314 e. The van der Waals surface area contributed by atoms with Crippen molar-refractivity contribution < 1.29 is 4.79 Å². The number of para-hydroxylation sites is 2. The van der Waals surface area contributed by atoms with Gasteiger partial charge >= 0.3 is 0 Å². The number of piperidine rings is 1. The number of halogens is 1. The molecule has 2 heterocycles. The first-order valence-electron chi connectivity index (χ1n) is 7.68. The second-order valence-electron chi connectivity index (χ2n) is 5.73. The molecule has 0 unspecified atom stereocenters. The maximum Gasteiger partial charge on any atom is 0.229 e. The van der Waals surface area contributed by atoms with Gasteiger partial charge in [-0.1, -0.05) is 12.1 Å². The van der Waals surface area contributed by atoms with Crippen LogP contribution in [0.3, 0.4) is 0 Å². The number of hydrogen-bond donors (Lipinski definition) is 2. The third kappa shape index (κ3) is 3.25. The molecule has 1 aliphatic rings. The average Bonchev–Trinajstić information content (AvgIpc) is 2.84. The van der Waals surface area contributed by atoms with E-state index in [1.54, 1.807) is 0 Å². The highest BCUT2D eigenvalue weighted by Crippen LogP contribution is 2.22. The first-order valence-corrected chi connectivity index (χ1v) is 7.68. The molecular formula is C16H23ClN4O. The molecule has 2 aromatic rings. The molecule has 0 spiro atoms. The summed E-state index contributed by atoms with van der Waals surface area (Å²) in [4.78, 5) is 17.0. The zero-order chi connectivity index (χ0) is 14.8. The minimum atomic E-state index is 0. The van der Waals surface area contributed by atoms with Crippen molar-refractivity contribution in [1.82, 2.24) is 14.9 Å². The van der Waals surface area contributed by atoms with Crippen molar-refractivity contribution in [2.75, 3.05) is 11.9 Å². The van der Waals surface area contributed by atoms with E-state index in [0.29, 0.717) is 12.0 Å². The zero-order valence-electron chi connectivity index (χ0n) is 13.0. The molecule has 120 valence electrons. The summed E-state index contributed by atoms with van der Waals surface area (Å²) >= 11 is 0. The quantitative estimate of drug-likeness (QED) is 0.913. The molecule has 1 aromatic carbocycles. The van der Waals surface area contributed by atoms with Crippen LogP contribution >= 0.6 is 12.4 Å². The molecule has 1 aromatic heterocycles. The zero-order valence-corrected chi connectivity index (χ0v) is 13.8. The van der Waals surface area contributed by atoms with Gasteiger partial charge in [0.05, 0.1) is 11.0 Å². The number of aromatic nitrogens is 2. The van der Waals surface area contributed by atoms with Gasteiger partial charge in [0.2, 0.25) is 11.9 Å². The Bertz CT molecular complexity index is 655. The summed E-state index contributed by atoms with van der Waals surface area (Å²) in [6.45, 7) is 5.89. The third-order valence-electron chi connectivity index (χ3n) is 4.20. The number of fused-ring (bicyclic) bond motifs is 1. The van der Waals surface area contributed by atoms with Crippen LogP contribution in [0.2, 0.25) is 0 Å². The van der Waals surface area contributed by atoms with Crippen LogP contribution in [0, 0.1) is 5.92 Å². The standard InChI is InChI=1S/C16H22N4O.ClH/c1-3-20-14-7-5-4-6-13(14)18-16(20)19-15(21)12-8-9-17-11(2)10-12;/h4-7,11-12,17H,3,8-10H2,1-2H3,(H,18,19,21);1H/t11-,12-;/m0./s1. The lowest BCUT2D eigenvalue weighted by Crippen LogP contribution is -2.40. The number of carbonyl (C=O) groups is 1. The summed E-state index contributed by atoms with van der Waals surface area (Å²) in [6, 6.07) is 8.38. The van der Waals surface area contributed by atoms with Gasteiger partial charge in [-0.15, -0.1) is 12.4 Å². The second kappa shape index (κ2) is 7.11. The molecule has 6 heteroatoms. The maximum atomic E-state index is 12.5. The van der Waals surface area contributed by atoms with Gasteiger partial charge in [0.25, 0.3) is 0 Å². The van der Waals surface area contributed by atoms with Gasteiger partial charge in [0.15, 0.2) is 0 Å². The van der Waals surface area contributed by atoms with Crippen LogP contribution in [-0.2, 0) is 11.3 Å². The van der Waals surface area contributed by atoms with Crippen molar-refractivity contribution in [3.8, 4) is 0 Å². The number of imidazole rings is 1. The molecule has 0 aliphatic carbocycles.